The molecule has 1 aliphatic heterocycles. The van der Waals surface area contributed by atoms with E-state index in [1.165, 1.54) is 19.1 Å². The van der Waals surface area contributed by atoms with Crippen LogP contribution in [0.25, 0.3) is 5.76 Å². The van der Waals surface area contributed by atoms with Gasteiger partial charge in [0.25, 0.3) is 5.91 Å². The standard InChI is InChI=1S/C29H30N2O6/c1-17(2)37-21-9-10-22(18(3)13-21)27(32)25-26(20-8-11-23(35-4)24(14-20)36-5)31(29(34)28(25)33)16-19-7-6-12-30-15-19/h6-15,17,26,32H,16H2,1-5H3/b27-25+. The molecule has 1 N–H and O–H groups in total. The first-order valence-corrected chi connectivity index (χ1v) is 12.0. The molecule has 0 bridgehead atoms. The van der Waals surface area contributed by atoms with E-state index in [0.29, 0.717) is 33.9 Å². The zero-order valence-corrected chi connectivity index (χ0v) is 21.5. The Morgan fingerprint density at radius 2 is 1.81 bits per heavy atom. The quantitative estimate of drug-likeness (QED) is 0.267. The van der Waals surface area contributed by atoms with Crippen molar-refractivity contribution in [2.75, 3.05) is 14.2 Å². The first kappa shape index (κ1) is 25.8. The molecule has 0 radical (unpaired) electrons. The molecule has 8 heteroatoms. The van der Waals surface area contributed by atoms with E-state index >= 15 is 0 Å². The predicted molar refractivity (Wildman–Crippen MR) is 135 cm³/mol. The van der Waals surface area contributed by atoms with Crippen molar-refractivity contribution in [3.05, 3.63) is 88.8 Å². The number of pyridine rings is 1. The van der Waals surface area contributed by atoms with Crippen LogP contribution in [0.15, 0.2) is 66.5 Å². The number of Topliss-reactive ketones (excluding diaryl/α,β-unsaturated/α-hetero) is 1. The molecule has 2 heterocycles. The number of H-pyrrole nitrogens is 1. The van der Waals surface area contributed by atoms with Crippen LogP contribution < -0.4 is 24.3 Å². The average molecular weight is 503 g/mol. The van der Waals surface area contributed by atoms with Crippen molar-refractivity contribution in [3.8, 4) is 17.2 Å². The number of rotatable bonds is 8. The lowest BCUT2D eigenvalue weighted by Gasteiger charge is -2.28. The molecule has 0 saturated carbocycles. The number of ketones is 1. The van der Waals surface area contributed by atoms with Gasteiger partial charge in [-0.1, -0.05) is 17.9 Å². The summed E-state index contributed by atoms with van der Waals surface area (Å²) in [5, 5.41) is 13.9. The largest absolute Gasteiger partial charge is 0.872 e. The summed E-state index contributed by atoms with van der Waals surface area (Å²) in [7, 11) is 3.03. The summed E-state index contributed by atoms with van der Waals surface area (Å²) in [5.74, 6) is -0.486. The Balaban J connectivity index is 1.87. The van der Waals surface area contributed by atoms with Crippen molar-refractivity contribution in [2.45, 2.75) is 39.5 Å². The van der Waals surface area contributed by atoms with E-state index in [4.69, 9.17) is 14.2 Å². The van der Waals surface area contributed by atoms with Crippen LogP contribution >= 0.6 is 0 Å². The van der Waals surface area contributed by atoms with Crippen LogP contribution in [0.3, 0.4) is 0 Å². The van der Waals surface area contributed by atoms with Crippen LogP contribution in [0, 0.1) is 6.92 Å². The van der Waals surface area contributed by atoms with Gasteiger partial charge in [-0.25, -0.2) is 4.98 Å². The van der Waals surface area contributed by atoms with Crippen molar-refractivity contribution in [2.24, 2.45) is 0 Å². The molecular formula is C29H30N2O6. The number of benzene rings is 2. The number of aromatic nitrogens is 1. The molecule has 192 valence electrons. The SMILES string of the molecule is COc1ccc(C2/C(=C(\[O-])c3ccc(OC(C)C)cc3C)C(=O)C(=O)N2Cc2ccc[nH+]c2)cc1OC. The monoisotopic (exact) mass is 502 g/mol. The number of nitrogens with one attached hydrogen (secondary N) is 1. The molecule has 1 unspecified atom stereocenters. The molecule has 2 aromatic carbocycles. The maximum Gasteiger partial charge on any atom is 0.295 e. The van der Waals surface area contributed by atoms with E-state index in [1.807, 2.05) is 26.0 Å². The van der Waals surface area contributed by atoms with Gasteiger partial charge in [0.1, 0.15) is 5.75 Å². The summed E-state index contributed by atoms with van der Waals surface area (Å²) in [4.78, 5) is 31.1. The molecule has 8 nitrogen and oxygen atoms in total. The third-order valence-corrected chi connectivity index (χ3v) is 6.19. The van der Waals surface area contributed by atoms with Crippen LogP contribution in [-0.2, 0) is 16.1 Å². The molecular weight excluding hydrogens is 472 g/mol. The van der Waals surface area contributed by atoms with E-state index in [9.17, 15) is 14.7 Å². The van der Waals surface area contributed by atoms with Gasteiger partial charge in [-0.3, -0.25) is 9.59 Å². The number of likely N-dealkylation sites (tertiary alicyclic amines) is 1. The highest BCUT2D eigenvalue weighted by Gasteiger charge is 2.44. The lowest BCUT2D eigenvalue weighted by molar-refractivity contribution is -0.378. The van der Waals surface area contributed by atoms with Crippen LogP contribution in [0.2, 0.25) is 0 Å². The Morgan fingerprint density at radius 1 is 1.05 bits per heavy atom. The maximum absolute atomic E-state index is 13.9. The van der Waals surface area contributed by atoms with E-state index in [2.05, 4.69) is 4.98 Å². The fourth-order valence-corrected chi connectivity index (χ4v) is 4.51. The Kier molecular flexibility index (Phi) is 7.47. The van der Waals surface area contributed by atoms with Gasteiger partial charge in [-0.15, -0.1) is 0 Å². The number of hydrogen-bond donors (Lipinski definition) is 0. The fraction of sp³-hybridized carbons (Fsp3) is 0.276. The highest BCUT2D eigenvalue weighted by molar-refractivity contribution is 6.46. The van der Waals surface area contributed by atoms with E-state index in [-0.39, 0.29) is 18.2 Å². The summed E-state index contributed by atoms with van der Waals surface area (Å²) >= 11 is 0. The van der Waals surface area contributed by atoms with E-state index in [1.54, 1.807) is 55.7 Å². The highest BCUT2D eigenvalue weighted by atomic mass is 16.5. The van der Waals surface area contributed by atoms with E-state index < -0.39 is 23.5 Å². The van der Waals surface area contributed by atoms with Gasteiger partial charge in [-0.05, 0) is 67.8 Å². The minimum atomic E-state index is -0.904. The first-order valence-electron chi connectivity index (χ1n) is 12.0. The number of ether oxygens (including phenoxy) is 3. The van der Waals surface area contributed by atoms with Crippen molar-refractivity contribution in [3.63, 3.8) is 0 Å². The minimum absolute atomic E-state index is 0.0254. The van der Waals surface area contributed by atoms with Crippen molar-refractivity contribution < 1.29 is 33.9 Å². The number of amides is 1. The Morgan fingerprint density at radius 3 is 2.43 bits per heavy atom. The smallest absolute Gasteiger partial charge is 0.295 e. The summed E-state index contributed by atoms with van der Waals surface area (Å²) in [6.45, 7) is 5.75. The van der Waals surface area contributed by atoms with Gasteiger partial charge >= 0.3 is 0 Å². The third kappa shape index (κ3) is 5.14. The van der Waals surface area contributed by atoms with Gasteiger partial charge in [-0.2, -0.15) is 0 Å². The van der Waals surface area contributed by atoms with E-state index in [0.717, 1.165) is 5.56 Å². The molecule has 1 fully saturated rings. The average Bonchev–Trinajstić information content (AvgIpc) is 3.13. The molecule has 4 rings (SSSR count). The first-order chi connectivity index (χ1) is 17.7. The molecule has 3 aromatic rings. The number of carbonyl (C=O) groups is 2. The van der Waals surface area contributed by atoms with Gasteiger partial charge in [0, 0.05) is 17.2 Å². The van der Waals surface area contributed by atoms with Crippen molar-refractivity contribution >= 4 is 17.4 Å². The second-order valence-corrected chi connectivity index (χ2v) is 9.08. The Hall–Kier alpha value is -4.33. The second kappa shape index (κ2) is 10.7. The second-order valence-electron chi connectivity index (χ2n) is 9.08. The van der Waals surface area contributed by atoms with Crippen LogP contribution in [0.1, 0.15) is 42.1 Å². The Bertz CT molecular complexity index is 1350. The van der Waals surface area contributed by atoms with Gasteiger partial charge in [0.2, 0.25) is 5.78 Å². The lowest BCUT2D eigenvalue weighted by atomic mass is 9.93. The van der Waals surface area contributed by atoms with Crippen LogP contribution in [-0.4, -0.2) is 36.9 Å². The summed E-state index contributed by atoms with van der Waals surface area (Å²) in [5.41, 5.74) is 2.25. The third-order valence-electron chi connectivity index (χ3n) is 6.19. The minimum Gasteiger partial charge on any atom is -0.872 e. The topological polar surface area (TPSA) is 102 Å². The molecule has 1 aromatic heterocycles. The molecule has 0 aliphatic carbocycles. The molecule has 1 saturated heterocycles. The number of aromatic amines is 1. The van der Waals surface area contributed by atoms with Gasteiger partial charge in [0.05, 0.1) is 32.9 Å². The molecule has 1 aliphatic rings. The zero-order valence-electron chi connectivity index (χ0n) is 21.5. The van der Waals surface area contributed by atoms with Crippen molar-refractivity contribution in [1.29, 1.82) is 0 Å². The number of methoxy groups -OCH3 is 2. The fourth-order valence-electron chi connectivity index (χ4n) is 4.51. The number of hydrogen-bond acceptors (Lipinski definition) is 6. The number of aryl methyl sites for hydroxylation is 1. The molecule has 1 amide bonds. The lowest BCUT2D eigenvalue weighted by Crippen LogP contribution is -2.29. The van der Waals surface area contributed by atoms with Crippen molar-refractivity contribution in [1.82, 2.24) is 4.90 Å². The molecule has 1 atom stereocenters. The summed E-state index contributed by atoms with van der Waals surface area (Å²) in [6.07, 6.45) is 3.48. The predicted octanol–water partition coefficient (Wildman–Crippen LogP) is 3.04. The summed E-state index contributed by atoms with van der Waals surface area (Å²) < 4.78 is 16.6. The van der Waals surface area contributed by atoms with Crippen LogP contribution in [0.5, 0.6) is 17.2 Å². The molecule has 0 spiro atoms. The number of carbonyl (C=O) groups excluding carboxylic acids is 2. The van der Waals surface area contributed by atoms with Gasteiger partial charge in [0.15, 0.2) is 23.9 Å². The normalized spacial score (nSPS) is 16.8. The highest BCUT2D eigenvalue weighted by Crippen LogP contribution is 2.42. The number of nitrogens with zero attached hydrogens (tertiary/aromatic N) is 1. The Labute approximate surface area is 216 Å². The maximum atomic E-state index is 13.9. The zero-order chi connectivity index (χ0) is 26.7. The summed E-state index contributed by atoms with van der Waals surface area (Å²) in [6, 6.07) is 13.0. The van der Waals surface area contributed by atoms with Crippen LogP contribution in [0.4, 0.5) is 0 Å². The van der Waals surface area contributed by atoms with Gasteiger partial charge < -0.3 is 24.2 Å². The molecule has 37 heavy (non-hydrogen) atoms.